The first-order valence-electron chi connectivity index (χ1n) is 12.8. The molecule has 3 aromatic rings. The Morgan fingerprint density at radius 1 is 0.565 bits per heavy atom. The molecule has 13 heteroatoms. The molecule has 1 heterocycles. The molecule has 46 heavy (non-hydrogen) atoms. The van der Waals surface area contributed by atoms with Gasteiger partial charge in [0.25, 0.3) is 0 Å². The lowest BCUT2D eigenvalue weighted by Crippen LogP contribution is -2.17. The van der Waals surface area contributed by atoms with Gasteiger partial charge in [0.15, 0.2) is 0 Å². The number of halogens is 6. The van der Waals surface area contributed by atoms with Gasteiger partial charge in [-0.05, 0) is 63.7 Å². The lowest BCUT2D eigenvalue weighted by molar-refractivity contribution is -0.275. The predicted molar refractivity (Wildman–Crippen MR) is 157 cm³/mol. The summed E-state index contributed by atoms with van der Waals surface area (Å²) >= 11 is 0. The maximum Gasteiger partial charge on any atom is 0.573 e. The van der Waals surface area contributed by atoms with Gasteiger partial charge in [-0.15, -0.1) is 36.8 Å². The normalized spacial score (nSPS) is 16.0. The Morgan fingerprint density at radius 2 is 0.978 bits per heavy atom. The highest BCUT2D eigenvalue weighted by Gasteiger charge is 2.45. The third kappa shape index (κ3) is 4.80. The van der Waals surface area contributed by atoms with Crippen molar-refractivity contribution >= 4 is 38.6 Å². The number of rotatable bonds is 3. The van der Waals surface area contributed by atoms with Crippen LogP contribution < -0.4 is 9.47 Å². The van der Waals surface area contributed by atoms with Gasteiger partial charge in [-0.25, -0.2) is 0 Å². The molecule has 3 aliphatic rings. The van der Waals surface area contributed by atoms with Crippen LogP contribution in [0.1, 0.15) is 22.3 Å². The zero-order valence-corrected chi connectivity index (χ0v) is 23.6. The first-order valence-corrected chi connectivity index (χ1v) is 14.2. The largest absolute Gasteiger partial charge is 0.573 e. The number of ether oxygens (including phenoxy) is 2. The summed E-state index contributed by atoms with van der Waals surface area (Å²) in [5, 5.41) is 39.5. The summed E-state index contributed by atoms with van der Waals surface area (Å²) in [7, 11) is -1.23. The zero-order chi connectivity index (χ0) is 33.1. The summed E-state index contributed by atoms with van der Waals surface area (Å²) in [6, 6.07) is 21.2. The van der Waals surface area contributed by atoms with Crippen LogP contribution in [0.25, 0.3) is 33.4 Å². The van der Waals surface area contributed by atoms with E-state index in [2.05, 4.69) is 15.3 Å². The molecule has 0 fully saturated rings. The SMILES string of the molecule is C=S1C2=C(C3=C1C(=C(C#N)C#N)c1cc(-c4ccc(OC(F)(F)F)cc4)ccc13)c1ccc(OC(F)(F)F)cc1C2=C(C#N)C#N. The van der Waals surface area contributed by atoms with Crippen LogP contribution in [0, 0.1) is 45.3 Å². The van der Waals surface area contributed by atoms with Crippen LogP contribution in [0.5, 0.6) is 11.5 Å². The highest BCUT2D eigenvalue weighted by atomic mass is 32.2. The number of benzene rings is 3. The number of fused-ring (bicyclic) bond motifs is 5. The van der Waals surface area contributed by atoms with E-state index in [0.29, 0.717) is 48.8 Å². The third-order valence-electron chi connectivity index (χ3n) is 7.34. The van der Waals surface area contributed by atoms with Gasteiger partial charge < -0.3 is 9.47 Å². The lowest BCUT2D eigenvalue weighted by Gasteiger charge is -2.15. The fourth-order valence-electron chi connectivity index (χ4n) is 5.74. The fourth-order valence-corrected chi connectivity index (χ4v) is 7.78. The Morgan fingerprint density at radius 3 is 1.46 bits per heavy atom. The molecule has 0 N–H and O–H groups in total. The number of allylic oxidation sites excluding steroid dienone is 6. The van der Waals surface area contributed by atoms with Crippen molar-refractivity contribution in [2.24, 2.45) is 0 Å². The molecule has 1 unspecified atom stereocenters. The Balaban J connectivity index is 1.56. The van der Waals surface area contributed by atoms with Gasteiger partial charge in [-0.3, -0.25) is 0 Å². The van der Waals surface area contributed by atoms with E-state index in [1.807, 2.05) is 24.3 Å². The molecule has 0 spiro atoms. The summed E-state index contributed by atoms with van der Waals surface area (Å²) < 4.78 is 85.2. The number of alkyl halides is 6. The smallest absolute Gasteiger partial charge is 0.406 e. The van der Waals surface area contributed by atoms with Crippen molar-refractivity contribution in [2.45, 2.75) is 12.7 Å². The van der Waals surface area contributed by atoms with Gasteiger partial charge in [0.05, 0.1) is 0 Å². The van der Waals surface area contributed by atoms with Gasteiger partial charge in [0, 0.05) is 32.1 Å². The summed E-state index contributed by atoms with van der Waals surface area (Å²) in [4.78, 5) is 0.892. The number of hydrogen-bond donors (Lipinski definition) is 0. The molecular weight excluding hydrogens is 630 g/mol. The molecule has 3 aromatic carbocycles. The van der Waals surface area contributed by atoms with Crippen LogP contribution in [0.4, 0.5) is 26.3 Å². The number of hydrogen-bond acceptors (Lipinski definition) is 6. The van der Waals surface area contributed by atoms with E-state index in [9.17, 15) is 47.4 Å². The molecule has 1 aliphatic heterocycles. The van der Waals surface area contributed by atoms with Crippen LogP contribution in [-0.2, 0) is 0 Å². The number of nitrogens with zero attached hydrogens (tertiary/aromatic N) is 4. The monoisotopic (exact) mass is 642 g/mol. The highest BCUT2D eigenvalue weighted by Crippen LogP contribution is 2.69. The predicted octanol–water partition coefficient (Wildman–Crippen LogP) is 8.62. The van der Waals surface area contributed by atoms with Crippen molar-refractivity contribution < 1.29 is 35.8 Å². The Bertz CT molecular complexity index is 2200. The van der Waals surface area contributed by atoms with E-state index in [1.54, 1.807) is 18.2 Å². The molecule has 0 bridgehead atoms. The molecule has 0 radical (unpaired) electrons. The molecule has 1 atom stereocenters. The second kappa shape index (κ2) is 10.6. The van der Waals surface area contributed by atoms with E-state index >= 15 is 0 Å². The lowest BCUT2D eigenvalue weighted by atomic mass is 9.92. The average Bonchev–Trinajstić information content (AvgIpc) is 3.59. The van der Waals surface area contributed by atoms with Gasteiger partial charge in [-0.1, -0.05) is 36.2 Å². The summed E-state index contributed by atoms with van der Waals surface area (Å²) in [5.74, 6) is 3.31. The van der Waals surface area contributed by atoms with E-state index in [1.165, 1.54) is 18.2 Å². The molecule has 0 amide bonds. The van der Waals surface area contributed by atoms with E-state index < -0.39 is 34.7 Å². The maximum absolute atomic E-state index is 13.1. The van der Waals surface area contributed by atoms with Crippen LogP contribution >= 0.6 is 10.5 Å². The minimum absolute atomic E-state index is 0.0875. The van der Waals surface area contributed by atoms with E-state index in [0.717, 1.165) is 24.3 Å². The van der Waals surface area contributed by atoms with E-state index in [-0.39, 0.29) is 27.9 Å². The Hall–Kier alpha value is -6.02. The second-order valence-corrected chi connectivity index (χ2v) is 11.4. The molecule has 0 aromatic heterocycles. The van der Waals surface area contributed by atoms with Gasteiger partial charge in [0.2, 0.25) is 0 Å². The highest BCUT2D eigenvalue weighted by molar-refractivity contribution is 8.22. The van der Waals surface area contributed by atoms with Crippen LogP contribution in [-0.4, -0.2) is 18.6 Å². The maximum atomic E-state index is 13.1. The van der Waals surface area contributed by atoms with Crippen molar-refractivity contribution in [3.05, 3.63) is 104 Å². The summed E-state index contributed by atoms with van der Waals surface area (Å²) in [6.45, 7) is 0. The molecule has 2 aliphatic carbocycles. The molecule has 224 valence electrons. The topological polar surface area (TPSA) is 114 Å². The molecule has 0 saturated heterocycles. The Labute approximate surface area is 258 Å². The van der Waals surface area contributed by atoms with Crippen LogP contribution in [0.15, 0.2) is 81.6 Å². The molecule has 6 nitrogen and oxygen atoms in total. The first-order chi connectivity index (χ1) is 21.8. The quantitative estimate of drug-likeness (QED) is 0.161. The Kier molecular flexibility index (Phi) is 6.89. The van der Waals surface area contributed by atoms with Crippen molar-refractivity contribution in [1.82, 2.24) is 0 Å². The fraction of sp³-hybridized carbons (Fsp3) is 0.0606. The second-order valence-electron chi connectivity index (χ2n) is 9.83. The van der Waals surface area contributed by atoms with Crippen molar-refractivity contribution in [1.29, 1.82) is 21.0 Å². The first kappa shape index (κ1) is 30.0. The van der Waals surface area contributed by atoms with Crippen molar-refractivity contribution in [2.75, 3.05) is 0 Å². The van der Waals surface area contributed by atoms with Crippen LogP contribution in [0.3, 0.4) is 0 Å². The van der Waals surface area contributed by atoms with Crippen LogP contribution in [0.2, 0.25) is 0 Å². The average molecular weight is 643 g/mol. The standard InChI is InChI=1S/C33H12F6N4O2S/c1-46-30-26(18(12-40)13-41)24-10-17(16-2-5-20(6-3-16)44-32(34,35)36)4-8-22(24)28(30)29-23-9-7-21(45-33(37,38)39)11-25(23)27(31(29)46)19(14-42)15-43/h2-11H,1H2. The minimum Gasteiger partial charge on any atom is -0.406 e. The number of nitriles is 4. The van der Waals surface area contributed by atoms with E-state index in [4.69, 9.17) is 0 Å². The minimum atomic E-state index is -5.00. The molecule has 0 saturated carbocycles. The summed E-state index contributed by atoms with van der Waals surface area (Å²) in [5.41, 5.74) is 3.40. The van der Waals surface area contributed by atoms with Gasteiger partial charge in [-0.2, -0.15) is 21.0 Å². The zero-order valence-electron chi connectivity index (χ0n) is 22.8. The molecule has 6 rings (SSSR count). The molecular formula is C33H12F6N4O2S. The van der Waals surface area contributed by atoms with Gasteiger partial charge in [0.1, 0.15) is 46.9 Å². The van der Waals surface area contributed by atoms with Gasteiger partial charge >= 0.3 is 12.7 Å². The summed E-state index contributed by atoms with van der Waals surface area (Å²) in [6.07, 6.45) is -9.86. The van der Waals surface area contributed by atoms with Crippen molar-refractivity contribution in [3.63, 3.8) is 0 Å². The third-order valence-corrected chi connectivity index (χ3v) is 9.14. The van der Waals surface area contributed by atoms with Crippen molar-refractivity contribution in [3.8, 4) is 46.9 Å².